The first-order chi connectivity index (χ1) is 8.93. The summed E-state index contributed by atoms with van der Waals surface area (Å²) in [6, 6.07) is 3.90. The number of halogens is 1. The maximum absolute atomic E-state index is 11.5. The van der Waals surface area contributed by atoms with Crippen molar-refractivity contribution in [3.05, 3.63) is 28.8 Å². The van der Waals surface area contributed by atoms with Gasteiger partial charge in [0.1, 0.15) is 0 Å². The van der Waals surface area contributed by atoms with Gasteiger partial charge in [-0.15, -0.1) is 0 Å². The first-order valence-electron chi connectivity index (χ1n) is 5.23. The molecule has 0 heterocycles. The minimum absolute atomic E-state index is 0.0134. The summed E-state index contributed by atoms with van der Waals surface area (Å²) >= 11 is 5.82. The highest BCUT2D eigenvalue weighted by molar-refractivity contribution is 6.34. The van der Waals surface area contributed by atoms with Gasteiger partial charge < -0.3 is 21.5 Å². The van der Waals surface area contributed by atoms with E-state index in [2.05, 4.69) is 10.6 Å². The molecule has 1 aromatic rings. The van der Waals surface area contributed by atoms with Crippen molar-refractivity contribution in [2.75, 3.05) is 18.4 Å². The predicted molar refractivity (Wildman–Crippen MR) is 69.1 cm³/mol. The molecule has 0 spiro atoms. The second-order valence-electron chi connectivity index (χ2n) is 3.53. The van der Waals surface area contributed by atoms with Crippen molar-refractivity contribution >= 4 is 35.1 Å². The average molecular weight is 286 g/mol. The summed E-state index contributed by atoms with van der Waals surface area (Å²) in [5.74, 6) is -2.07. The molecule has 5 N–H and O–H groups in total. The summed E-state index contributed by atoms with van der Waals surface area (Å²) in [4.78, 5) is 33.0. The van der Waals surface area contributed by atoms with Gasteiger partial charge >= 0.3 is 5.97 Å². The molecular formula is C11H12ClN3O4. The number of carboxylic acid groups (broad SMARTS) is 1. The molecule has 102 valence electrons. The lowest BCUT2D eigenvalue weighted by molar-refractivity contribution is -0.123. The van der Waals surface area contributed by atoms with Crippen molar-refractivity contribution in [2.45, 2.75) is 0 Å². The number of carboxylic acids is 1. The molecular weight excluding hydrogens is 274 g/mol. The Morgan fingerprint density at radius 1 is 1.26 bits per heavy atom. The minimum Gasteiger partial charge on any atom is -0.478 e. The van der Waals surface area contributed by atoms with Crippen LogP contribution in [0.2, 0.25) is 5.02 Å². The molecule has 0 saturated carbocycles. The third-order valence-electron chi connectivity index (χ3n) is 2.12. The number of amides is 2. The van der Waals surface area contributed by atoms with Gasteiger partial charge in [-0.2, -0.15) is 0 Å². The number of nitrogens with one attached hydrogen (secondary N) is 2. The van der Waals surface area contributed by atoms with E-state index in [1.807, 2.05) is 0 Å². The number of aromatic carboxylic acids is 1. The molecule has 0 unspecified atom stereocenters. The highest BCUT2D eigenvalue weighted by Crippen LogP contribution is 2.22. The lowest BCUT2D eigenvalue weighted by atomic mass is 10.2. The van der Waals surface area contributed by atoms with Gasteiger partial charge in [-0.25, -0.2) is 4.79 Å². The highest BCUT2D eigenvalue weighted by Gasteiger charge is 2.10. The van der Waals surface area contributed by atoms with Crippen LogP contribution in [0.25, 0.3) is 0 Å². The molecule has 0 aromatic heterocycles. The van der Waals surface area contributed by atoms with Crippen molar-refractivity contribution in [2.24, 2.45) is 5.73 Å². The van der Waals surface area contributed by atoms with Gasteiger partial charge in [0, 0.05) is 0 Å². The van der Waals surface area contributed by atoms with Crippen LogP contribution in [0.5, 0.6) is 0 Å². The summed E-state index contributed by atoms with van der Waals surface area (Å²) in [6.07, 6.45) is 0. The monoisotopic (exact) mass is 285 g/mol. The van der Waals surface area contributed by atoms with E-state index in [-0.39, 0.29) is 29.4 Å². The molecule has 7 nitrogen and oxygen atoms in total. The number of anilines is 1. The Morgan fingerprint density at radius 3 is 2.47 bits per heavy atom. The van der Waals surface area contributed by atoms with E-state index in [4.69, 9.17) is 22.4 Å². The number of nitrogens with two attached hydrogens (primary N) is 1. The summed E-state index contributed by atoms with van der Waals surface area (Å²) < 4.78 is 0. The summed E-state index contributed by atoms with van der Waals surface area (Å²) in [7, 11) is 0. The number of benzene rings is 1. The summed E-state index contributed by atoms with van der Waals surface area (Å²) in [5, 5.41) is 13.6. The first-order valence-corrected chi connectivity index (χ1v) is 5.61. The Labute approximate surface area is 113 Å². The number of carbonyl (C=O) groups excluding carboxylic acids is 2. The Hall–Kier alpha value is -2.12. The maximum Gasteiger partial charge on any atom is 0.335 e. The smallest absolute Gasteiger partial charge is 0.335 e. The van der Waals surface area contributed by atoms with Gasteiger partial charge in [0.05, 0.1) is 29.4 Å². The third kappa shape index (κ3) is 4.57. The second kappa shape index (κ2) is 6.72. The molecule has 1 rings (SSSR count). The lowest BCUT2D eigenvalue weighted by Crippen LogP contribution is -2.36. The summed E-state index contributed by atoms with van der Waals surface area (Å²) in [6.45, 7) is -0.450. The van der Waals surface area contributed by atoms with Gasteiger partial charge in [0.25, 0.3) is 0 Å². The van der Waals surface area contributed by atoms with Crippen LogP contribution in [0.4, 0.5) is 5.69 Å². The van der Waals surface area contributed by atoms with Crippen molar-refractivity contribution in [3.63, 3.8) is 0 Å². The largest absolute Gasteiger partial charge is 0.478 e. The number of hydrogen-bond acceptors (Lipinski definition) is 4. The van der Waals surface area contributed by atoms with E-state index >= 15 is 0 Å². The van der Waals surface area contributed by atoms with Crippen LogP contribution in [0.1, 0.15) is 10.4 Å². The fraction of sp³-hybridized carbons (Fsp3) is 0.182. The molecule has 0 radical (unpaired) electrons. The third-order valence-corrected chi connectivity index (χ3v) is 2.43. The highest BCUT2D eigenvalue weighted by atomic mass is 35.5. The average Bonchev–Trinajstić information content (AvgIpc) is 2.38. The molecule has 0 fully saturated rings. The molecule has 1 aromatic carbocycles. The van der Waals surface area contributed by atoms with Gasteiger partial charge in [-0.05, 0) is 18.2 Å². The van der Waals surface area contributed by atoms with Crippen LogP contribution in [0, 0.1) is 0 Å². The zero-order valence-electron chi connectivity index (χ0n) is 9.77. The van der Waals surface area contributed by atoms with Crippen LogP contribution in [-0.4, -0.2) is 36.0 Å². The van der Waals surface area contributed by atoms with Crippen LogP contribution < -0.4 is 16.4 Å². The zero-order valence-corrected chi connectivity index (χ0v) is 10.5. The van der Waals surface area contributed by atoms with E-state index in [9.17, 15) is 14.4 Å². The molecule has 0 aliphatic rings. The van der Waals surface area contributed by atoms with E-state index in [1.54, 1.807) is 0 Å². The molecule has 2 amide bonds. The van der Waals surface area contributed by atoms with E-state index < -0.39 is 17.8 Å². The van der Waals surface area contributed by atoms with Gasteiger partial charge in [-0.3, -0.25) is 9.59 Å². The van der Waals surface area contributed by atoms with E-state index in [0.717, 1.165) is 0 Å². The lowest BCUT2D eigenvalue weighted by Gasteiger charge is -2.08. The molecule has 0 aliphatic carbocycles. The Balaban J connectivity index is 2.64. The first kappa shape index (κ1) is 14.9. The Kier molecular flexibility index (Phi) is 5.28. The van der Waals surface area contributed by atoms with Crippen LogP contribution >= 0.6 is 11.6 Å². The second-order valence-corrected chi connectivity index (χ2v) is 3.94. The quantitative estimate of drug-likeness (QED) is 0.609. The SMILES string of the molecule is NCC(=O)NCC(=O)Nc1ccc(C(=O)O)cc1Cl. The van der Waals surface area contributed by atoms with Crippen LogP contribution in [0.15, 0.2) is 18.2 Å². The normalized spacial score (nSPS) is 9.79. The molecule has 0 atom stereocenters. The van der Waals surface area contributed by atoms with Crippen molar-refractivity contribution in [3.8, 4) is 0 Å². The zero-order chi connectivity index (χ0) is 14.4. The molecule has 0 saturated heterocycles. The molecule has 8 heteroatoms. The fourth-order valence-corrected chi connectivity index (χ4v) is 1.42. The number of rotatable bonds is 5. The minimum atomic E-state index is -1.12. The Morgan fingerprint density at radius 2 is 1.95 bits per heavy atom. The van der Waals surface area contributed by atoms with Gasteiger partial charge in [0.15, 0.2) is 0 Å². The fourth-order valence-electron chi connectivity index (χ4n) is 1.19. The summed E-state index contributed by atoms with van der Waals surface area (Å²) in [5.41, 5.74) is 5.34. The molecule has 0 bridgehead atoms. The van der Waals surface area contributed by atoms with Crippen molar-refractivity contribution < 1.29 is 19.5 Å². The number of carbonyl (C=O) groups is 3. The van der Waals surface area contributed by atoms with Crippen molar-refractivity contribution in [1.29, 1.82) is 0 Å². The van der Waals surface area contributed by atoms with Crippen LogP contribution in [-0.2, 0) is 9.59 Å². The predicted octanol–water partition coefficient (Wildman–Crippen LogP) is 0.0516. The van der Waals surface area contributed by atoms with E-state index in [1.165, 1.54) is 18.2 Å². The molecule has 0 aliphatic heterocycles. The Bertz CT molecular complexity index is 519. The van der Waals surface area contributed by atoms with Gasteiger partial charge in [0.2, 0.25) is 11.8 Å². The standard InChI is InChI=1S/C11H12ClN3O4/c12-7-3-6(11(18)19)1-2-8(7)15-10(17)5-14-9(16)4-13/h1-3H,4-5,13H2,(H,14,16)(H,15,17)(H,18,19). The van der Waals surface area contributed by atoms with Crippen LogP contribution in [0.3, 0.4) is 0 Å². The number of hydrogen-bond donors (Lipinski definition) is 4. The topological polar surface area (TPSA) is 122 Å². The van der Waals surface area contributed by atoms with Gasteiger partial charge in [-0.1, -0.05) is 11.6 Å². The van der Waals surface area contributed by atoms with Crippen molar-refractivity contribution in [1.82, 2.24) is 5.32 Å². The maximum atomic E-state index is 11.5. The molecule has 19 heavy (non-hydrogen) atoms. The van der Waals surface area contributed by atoms with E-state index in [0.29, 0.717) is 0 Å².